The Kier molecular flexibility index (Phi) is 7.01. The molecule has 1 heterocycles. The van der Waals surface area contributed by atoms with Crippen LogP contribution in [0.2, 0.25) is 0 Å². The third-order valence-electron chi connectivity index (χ3n) is 5.90. The Bertz CT molecular complexity index is 1680. The lowest BCUT2D eigenvalue weighted by Crippen LogP contribution is -2.52. The number of nitriles is 3. The van der Waals surface area contributed by atoms with Crippen molar-refractivity contribution in [3.63, 3.8) is 0 Å². The minimum atomic E-state index is -1.03. The smallest absolute Gasteiger partial charge is 0.345 e. The molecule has 0 N–H and O–H groups in total. The fraction of sp³-hybridized carbons (Fsp3) is 0.111. The van der Waals surface area contributed by atoms with Crippen molar-refractivity contribution in [1.29, 1.82) is 15.8 Å². The summed E-state index contributed by atoms with van der Waals surface area (Å²) in [6, 6.07) is 13.0. The summed E-state index contributed by atoms with van der Waals surface area (Å²) in [7, 11) is 0. The van der Waals surface area contributed by atoms with E-state index < -0.39 is 17.1 Å². The molecule has 0 amide bonds. The van der Waals surface area contributed by atoms with Crippen LogP contribution in [0.3, 0.4) is 0 Å². The summed E-state index contributed by atoms with van der Waals surface area (Å²) >= 11 is 0. The molecule has 0 spiro atoms. The van der Waals surface area contributed by atoms with Gasteiger partial charge in [0.25, 0.3) is 18.8 Å². The Hall–Kier alpha value is -6.06. The van der Waals surface area contributed by atoms with E-state index in [4.69, 9.17) is 30.0 Å². The first kappa shape index (κ1) is 26.0. The largest absolute Gasteiger partial charge is 0.388 e. The molecule has 0 radical (unpaired) electrons. The van der Waals surface area contributed by atoms with Crippen LogP contribution in [-0.2, 0) is 0 Å². The molecule has 12 heteroatoms. The second kappa shape index (κ2) is 10.5. The summed E-state index contributed by atoms with van der Waals surface area (Å²) < 4.78 is 17.1. The van der Waals surface area contributed by atoms with Crippen LogP contribution in [0.1, 0.15) is 16.7 Å². The highest BCUT2D eigenvalue weighted by Crippen LogP contribution is 2.23. The van der Waals surface area contributed by atoms with Crippen molar-refractivity contribution in [1.82, 2.24) is 13.7 Å². The first-order valence-electron chi connectivity index (χ1n) is 11.2. The Balaban J connectivity index is 2.15. The minimum absolute atomic E-state index is 0.0181. The maximum absolute atomic E-state index is 13.8. The molecule has 0 atom stereocenters. The molecule has 1 aromatic heterocycles. The van der Waals surface area contributed by atoms with Gasteiger partial charge in [0.1, 0.15) is 17.2 Å². The van der Waals surface area contributed by atoms with Gasteiger partial charge in [-0.05, 0) is 55.7 Å². The van der Waals surface area contributed by atoms with E-state index in [2.05, 4.69) is 0 Å². The number of ether oxygens (including phenoxy) is 3. The Morgan fingerprint density at radius 3 is 1.00 bits per heavy atom. The first-order chi connectivity index (χ1) is 18.7. The van der Waals surface area contributed by atoms with Crippen LogP contribution in [0.25, 0.3) is 17.1 Å². The number of aryl methyl sites for hydroxylation is 3. The highest BCUT2D eigenvalue weighted by molar-refractivity contribution is 5.49. The predicted molar refractivity (Wildman–Crippen MR) is 136 cm³/mol. The van der Waals surface area contributed by atoms with Crippen molar-refractivity contribution in [2.24, 2.45) is 0 Å². The van der Waals surface area contributed by atoms with Crippen molar-refractivity contribution < 1.29 is 14.2 Å². The van der Waals surface area contributed by atoms with Crippen LogP contribution in [-0.4, -0.2) is 13.7 Å². The van der Waals surface area contributed by atoms with E-state index in [1.807, 2.05) is 0 Å². The molecule has 192 valence electrons. The lowest BCUT2D eigenvalue weighted by atomic mass is 10.2. The molecule has 0 saturated heterocycles. The fourth-order valence-corrected chi connectivity index (χ4v) is 3.87. The summed E-state index contributed by atoms with van der Waals surface area (Å²) in [4.78, 5) is 41.3. The second-order valence-corrected chi connectivity index (χ2v) is 8.28. The zero-order chi connectivity index (χ0) is 28.3. The molecular weight excluding hydrogens is 504 g/mol. The third-order valence-corrected chi connectivity index (χ3v) is 5.90. The lowest BCUT2D eigenvalue weighted by Gasteiger charge is -2.16. The molecule has 0 aliphatic carbocycles. The number of benzene rings is 3. The van der Waals surface area contributed by atoms with Gasteiger partial charge in [0, 0.05) is 18.2 Å². The van der Waals surface area contributed by atoms with Gasteiger partial charge in [0.05, 0.1) is 17.1 Å². The van der Waals surface area contributed by atoms with Crippen LogP contribution >= 0.6 is 0 Å². The quantitative estimate of drug-likeness (QED) is 0.346. The number of aromatic nitrogens is 3. The predicted octanol–water partition coefficient (Wildman–Crippen LogP) is 2.64. The van der Waals surface area contributed by atoms with Crippen LogP contribution in [0.5, 0.6) is 17.2 Å². The number of nitrogens with zero attached hydrogens (tertiary/aromatic N) is 6. The molecule has 39 heavy (non-hydrogen) atoms. The molecular formula is C27H18N6O6. The average Bonchev–Trinajstić information content (AvgIpc) is 2.90. The van der Waals surface area contributed by atoms with Gasteiger partial charge in [-0.25, -0.2) is 28.1 Å². The first-order valence-corrected chi connectivity index (χ1v) is 11.2. The van der Waals surface area contributed by atoms with Gasteiger partial charge in [-0.3, -0.25) is 0 Å². The topological polar surface area (TPSA) is 165 Å². The van der Waals surface area contributed by atoms with Crippen LogP contribution in [0.4, 0.5) is 0 Å². The van der Waals surface area contributed by atoms with Gasteiger partial charge in [0.15, 0.2) is 0 Å². The zero-order valence-electron chi connectivity index (χ0n) is 20.8. The Labute approximate surface area is 220 Å². The van der Waals surface area contributed by atoms with E-state index in [0.717, 1.165) is 13.7 Å². The monoisotopic (exact) mass is 522 g/mol. The Morgan fingerprint density at radius 1 is 0.513 bits per heavy atom. The Morgan fingerprint density at radius 2 is 0.769 bits per heavy atom. The van der Waals surface area contributed by atoms with Crippen molar-refractivity contribution in [3.8, 4) is 53.1 Å². The molecule has 12 nitrogen and oxygen atoms in total. The van der Waals surface area contributed by atoms with E-state index in [-0.39, 0.29) is 34.3 Å². The van der Waals surface area contributed by atoms with E-state index >= 15 is 0 Å². The van der Waals surface area contributed by atoms with E-state index in [1.165, 1.54) is 36.4 Å². The molecule has 0 bridgehead atoms. The van der Waals surface area contributed by atoms with E-state index in [9.17, 15) is 14.4 Å². The molecule has 4 rings (SSSR count). The molecule has 0 saturated carbocycles. The van der Waals surface area contributed by atoms with Gasteiger partial charge < -0.3 is 14.2 Å². The molecule has 4 aromatic rings. The summed E-state index contributed by atoms with van der Waals surface area (Å²) in [6.07, 6.45) is 4.67. The van der Waals surface area contributed by atoms with Gasteiger partial charge in [-0.1, -0.05) is 18.2 Å². The number of hydrogen-bond donors (Lipinski definition) is 0. The van der Waals surface area contributed by atoms with Crippen molar-refractivity contribution in [2.75, 3.05) is 0 Å². The second-order valence-electron chi connectivity index (χ2n) is 8.28. The summed E-state index contributed by atoms with van der Waals surface area (Å²) in [5, 5.41) is 27.0. The minimum Gasteiger partial charge on any atom is -0.388 e. The summed E-state index contributed by atoms with van der Waals surface area (Å²) in [5.41, 5.74) is -1.33. The average molecular weight is 522 g/mol. The number of hydrogen-bond acceptors (Lipinski definition) is 9. The maximum atomic E-state index is 13.8. The van der Waals surface area contributed by atoms with Gasteiger partial charge in [-0.15, -0.1) is 15.8 Å². The fourth-order valence-electron chi connectivity index (χ4n) is 3.87. The van der Waals surface area contributed by atoms with Crippen molar-refractivity contribution in [3.05, 3.63) is 103 Å². The number of rotatable bonds is 6. The van der Waals surface area contributed by atoms with E-state index in [1.54, 1.807) is 57.7 Å². The summed E-state index contributed by atoms with van der Waals surface area (Å²) in [5.74, 6) is 0.307. The van der Waals surface area contributed by atoms with E-state index in [0.29, 0.717) is 16.7 Å². The molecule has 0 unspecified atom stereocenters. The van der Waals surface area contributed by atoms with Gasteiger partial charge in [0.2, 0.25) is 0 Å². The van der Waals surface area contributed by atoms with Crippen LogP contribution < -0.4 is 31.3 Å². The zero-order valence-corrected chi connectivity index (χ0v) is 20.8. The maximum Gasteiger partial charge on any atom is 0.345 e. The van der Waals surface area contributed by atoms with Gasteiger partial charge in [-0.2, -0.15) is 0 Å². The molecule has 3 aromatic carbocycles. The SMILES string of the molecule is Cc1ccc(-n2c(=O)n(-c3ccc(C)c(OC#N)c3)c(=O)n(-c3ccc(C)c(OC#N)c3)c2=O)cc1OC#N. The van der Waals surface area contributed by atoms with Crippen LogP contribution in [0.15, 0.2) is 69.0 Å². The molecule has 0 fully saturated rings. The standard InChI is InChI=1S/C27H18N6O6/c1-16-4-7-19(10-22(16)37-13-28)31-25(34)32(20-8-5-17(2)23(11-20)38-14-29)27(36)33(26(31)35)21-9-6-18(3)24(12-21)39-15-30/h4-12H,1-3H3. The van der Waals surface area contributed by atoms with Gasteiger partial charge >= 0.3 is 17.1 Å². The molecule has 0 aliphatic rings. The normalized spacial score (nSPS) is 10.2. The summed E-state index contributed by atoms with van der Waals surface area (Å²) in [6.45, 7) is 5.01. The highest BCUT2D eigenvalue weighted by atomic mass is 16.5. The van der Waals surface area contributed by atoms with Crippen molar-refractivity contribution >= 4 is 0 Å². The van der Waals surface area contributed by atoms with Crippen LogP contribution in [0, 0.1) is 55.3 Å². The molecule has 0 aliphatic heterocycles. The lowest BCUT2D eigenvalue weighted by molar-refractivity contribution is 0.501. The van der Waals surface area contributed by atoms with Crippen molar-refractivity contribution in [2.45, 2.75) is 20.8 Å². The highest BCUT2D eigenvalue weighted by Gasteiger charge is 2.21. The third kappa shape index (κ3) is 4.71.